The normalized spacial score (nSPS) is 16.4. The molecular formula is C15H20N2O3. The SMILES string of the molecule is COC(=O)Cc1ccccc1CN1CCCNC(=O)C1. The first-order valence-corrected chi connectivity index (χ1v) is 6.81. The summed E-state index contributed by atoms with van der Waals surface area (Å²) in [6.45, 7) is 2.71. The third-order valence-electron chi connectivity index (χ3n) is 3.42. The summed E-state index contributed by atoms with van der Waals surface area (Å²) in [7, 11) is 1.39. The van der Waals surface area contributed by atoms with E-state index < -0.39 is 0 Å². The van der Waals surface area contributed by atoms with E-state index in [1.807, 2.05) is 24.3 Å². The molecule has 0 spiro atoms. The number of carbonyl (C=O) groups excluding carboxylic acids is 2. The maximum atomic E-state index is 11.6. The minimum absolute atomic E-state index is 0.0629. The average molecular weight is 276 g/mol. The molecule has 0 saturated carbocycles. The second-order valence-electron chi connectivity index (χ2n) is 4.94. The lowest BCUT2D eigenvalue weighted by Crippen LogP contribution is -2.33. The smallest absolute Gasteiger partial charge is 0.309 e. The van der Waals surface area contributed by atoms with Crippen molar-refractivity contribution < 1.29 is 14.3 Å². The van der Waals surface area contributed by atoms with Crippen LogP contribution in [-0.4, -0.2) is 43.5 Å². The Balaban J connectivity index is 2.07. The molecule has 1 amide bonds. The summed E-state index contributed by atoms with van der Waals surface area (Å²) in [6, 6.07) is 7.80. The topological polar surface area (TPSA) is 58.6 Å². The molecule has 5 nitrogen and oxygen atoms in total. The van der Waals surface area contributed by atoms with Crippen LogP contribution in [-0.2, 0) is 27.3 Å². The highest BCUT2D eigenvalue weighted by Gasteiger charge is 2.16. The molecule has 2 rings (SSSR count). The highest BCUT2D eigenvalue weighted by atomic mass is 16.5. The highest BCUT2D eigenvalue weighted by Crippen LogP contribution is 2.14. The number of methoxy groups -OCH3 is 1. The number of nitrogens with zero attached hydrogens (tertiary/aromatic N) is 1. The molecule has 0 atom stereocenters. The predicted molar refractivity (Wildman–Crippen MR) is 75.1 cm³/mol. The van der Waals surface area contributed by atoms with Crippen molar-refractivity contribution >= 4 is 11.9 Å². The first-order chi connectivity index (χ1) is 9.69. The minimum Gasteiger partial charge on any atom is -0.469 e. The van der Waals surface area contributed by atoms with Crippen molar-refractivity contribution in [3.8, 4) is 0 Å². The predicted octanol–water partition coefficient (Wildman–Crippen LogP) is 0.724. The van der Waals surface area contributed by atoms with Crippen LogP contribution < -0.4 is 5.32 Å². The molecule has 0 aromatic heterocycles. The molecule has 0 unspecified atom stereocenters. The van der Waals surface area contributed by atoms with E-state index in [-0.39, 0.29) is 18.3 Å². The van der Waals surface area contributed by atoms with Crippen LogP contribution in [0.5, 0.6) is 0 Å². The van der Waals surface area contributed by atoms with Gasteiger partial charge in [-0.1, -0.05) is 24.3 Å². The van der Waals surface area contributed by atoms with Gasteiger partial charge in [0.15, 0.2) is 0 Å². The van der Waals surface area contributed by atoms with Gasteiger partial charge in [0.1, 0.15) is 0 Å². The number of amides is 1. The van der Waals surface area contributed by atoms with Crippen LogP contribution in [0.25, 0.3) is 0 Å². The molecule has 1 heterocycles. The zero-order valence-electron chi connectivity index (χ0n) is 11.7. The van der Waals surface area contributed by atoms with Gasteiger partial charge in [0, 0.05) is 19.6 Å². The molecule has 20 heavy (non-hydrogen) atoms. The third-order valence-corrected chi connectivity index (χ3v) is 3.42. The molecule has 0 bridgehead atoms. The first kappa shape index (κ1) is 14.5. The van der Waals surface area contributed by atoms with Gasteiger partial charge in [0.2, 0.25) is 5.91 Å². The third kappa shape index (κ3) is 4.06. The Bertz CT molecular complexity index is 488. The molecule has 108 valence electrons. The van der Waals surface area contributed by atoms with Crippen LogP contribution in [0, 0.1) is 0 Å². The van der Waals surface area contributed by atoms with Crippen molar-refractivity contribution in [2.24, 2.45) is 0 Å². The number of nitrogens with one attached hydrogen (secondary N) is 1. The van der Waals surface area contributed by atoms with Gasteiger partial charge in [-0.15, -0.1) is 0 Å². The Kier molecular flexibility index (Phi) is 5.12. The van der Waals surface area contributed by atoms with Gasteiger partial charge in [-0.2, -0.15) is 0 Å². The number of benzene rings is 1. The molecule has 1 aromatic rings. The van der Waals surface area contributed by atoms with Crippen LogP contribution >= 0.6 is 0 Å². The van der Waals surface area contributed by atoms with Crippen molar-refractivity contribution in [1.82, 2.24) is 10.2 Å². The fourth-order valence-corrected chi connectivity index (χ4v) is 2.36. The van der Waals surface area contributed by atoms with E-state index in [0.717, 1.165) is 30.6 Å². The van der Waals surface area contributed by atoms with Crippen molar-refractivity contribution in [2.45, 2.75) is 19.4 Å². The second kappa shape index (κ2) is 7.05. The largest absolute Gasteiger partial charge is 0.469 e. The molecule has 1 fully saturated rings. The Hall–Kier alpha value is -1.88. The van der Waals surface area contributed by atoms with Crippen molar-refractivity contribution in [3.05, 3.63) is 35.4 Å². The van der Waals surface area contributed by atoms with E-state index in [9.17, 15) is 9.59 Å². The van der Waals surface area contributed by atoms with Gasteiger partial charge in [-0.25, -0.2) is 0 Å². The van der Waals surface area contributed by atoms with Crippen LogP contribution in [0.3, 0.4) is 0 Å². The van der Waals surface area contributed by atoms with E-state index in [2.05, 4.69) is 10.2 Å². The zero-order chi connectivity index (χ0) is 14.4. The van der Waals surface area contributed by atoms with E-state index in [1.54, 1.807) is 0 Å². The monoisotopic (exact) mass is 276 g/mol. The molecule has 0 aliphatic carbocycles. The highest BCUT2D eigenvalue weighted by molar-refractivity contribution is 5.78. The lowest BCUT2D eigenvalue weighted by molar-refractivity contribution is -0.139. The summed E-state index contributed by atoms with van der Waals surface area (Å²) in [4.78, 5) is 25.1. The first-order valence-electron chi connectivity index (χ1n) is 6.81. The van der Waals surface area contributed by atoms with Crippen LogP contribution in [0.4, 0.5) is 0 Å². The van der Waals surface area contributed by atoms with Crippen molar-refractivity contribution in [3.63, 3.8) is 0 Å². The summed E-state index contributed by atoms with van der Waals surface area (Å²) >= 11 is 0. The molecule has 1 saturated heterocycles. The number of esters is 1. The lowest BCUT2D eigenvalue weighted by Gasteiger charge is -2.20. The molecule has 5 heteroatoms. The summed E-state index contributed by atoms with van der Waals surface area (Å²) in [5.41, 5.74) is 2.04. The number of ether oxygens (including phenoxy) is 1. The average Bonchev–Trinajstić information content (AvgIpc) is 2.65. The van der Waals surface area contributed by atoms with Gasteiger partial charge in [-0.3, -0.25) is 14.5 Å². The van der Waals surface area contributed by atoms with Crippen LogP contribution in [0.2, 0.25) is 0 Å². The Morgan fingerprint density at radius 1 is 1.35 bits per heavy atom. The molecule has 1 aliphatic heterocycles. The molecule has 1 aromatic carbocycles. The van der Waals surface area contributed by atoms with Gasteiger partial charge < -0.3 is 10.1 Å². The Morgan fingerprint density at radius 3 is 2.85 bits per heavy atom. The van der Waals surface area contributed by atoms with E-state index >= 15 is 0 Å². The molecule has 1 N–H and O–H groups in total. The second-order valence-corrected chi connectivity index (χ2v) is 4.94. The van der Waals surface area contributed by atoms with Gasteiger partial charge in [-0.05, 0) is 17.5 Å². The van der Waals surface area contributed by atoms with Gasteiger partial charge in [0.25, 0.3) is 0 Å². The summed E-state index contributed by atoms with van der Waals surface area (Å²) < 4.78 is 4.72. The van der Waals surface area contributed by atoms with E-state index in [1.165, 1.54) is 7.11 Å². The lowest BCUT2D eigenvalue weighted by atomic mass is 10.0. The number of carbonyl (C=O) groups is 2. The van der Waals surface area contributed by atoms with Crippen molar-refractivity contribution in [1.29, 1.82) is 0 Å². The van der Waals surface area contributed by atoms with Gasteiger partial charge in [0.05, 0.1) is 20.1 Å². The fraction of sp³-hybridized carbons (Fsp3) is 0.467. The molecule has 1 aliphatic rings. The van der Waals surface area contributed by atoms with Crippen molar-refractivity contribution in [2.75, 3.05) is 26.7 Å². The molecule has 0 radical (unpaired) electrons. The Labute approximate surface area is 118 Å². The minimum atomic E-state index is -0.244. The van der Waals surface area contributed by atoms with Crippen LogP contribution in [0.15, 0.2) is 24.3 Å². The fourth-order valence-electron chi connectivity index (χ4n) is 2.36. The zero-order valence-corrected chi connectivity index (χ0v) is 11.7. The standard InChI is InChI=1S/C15H20N2O3/c1-20-15(19)9-12-5-2-3-6-13(12)10-17-8-4-7-16-14(18)11-17/h2-3,5-6H,4,7-11H2,1H3,(H,16,18). The maximum absolute atomic E-state index is 11.6. The summed E-state index contributed by atoms with van der Waals surface area (Å²) in [6.07, 6.45) is 1.22. The van der Waals surface area contributed by atoms with E-state index in [4.69, 9.17) is 4.74 Å². The Morgan fingerprint density at radius 2 is 2.10 bits per heavy atom. The molecular weight excluding hydrogens is 256 g/mol. The number of hydrogen-bond acceptors (Lipinski definition) is 4. The van der Waals surface area contributed by atoms with Crippen LogP contribution in [0.1, 0.15) is 17.5 Å². The number of hydrogen-bond donors (Lipinski definition) is 1. The summed E-state index contributed by atoms with van der Waals surface area (Å²) in [5, 5.41) is 2.86. The number of rotatable bonds is 4. The maximum Gasteiger partial charge on any atom is 0.309 e. The quantitative estimate of drug-likeness (QED) is 0.823. The van der Waals surface area contributed by atoms with Gasteiger partial charge >= 0.3 is 5.97 Å². The van der Waals surface area contributed by atoms with E-state index in [0.29, 0.717) is 13.1 Å². The summed E-state index contributed by atoms with van der Waals surface area (Å²) in [5.74, 6) is -0.181.